The summed E-state index contributed by atoms with van der Waals surface area (Å²) in [5.74, 6) is 0.654. The molecule has 1 aromatic heterocycles. The predicted molar refractivity (Wildman–Crippen MR) is 131 cm³/mol. The van der Waals surface area contributed by atoms with Gasteiger partial charge < -0.3 is 10.1 Å². The monoisotopic (exact) mass is 478 g/mol. The van der Waals surface area contributed by atoms with Gasteiger partial charge in [-0.25, -0.2) is 4.68 Å². The Bertz CT molecular complexity index is 1240. The number of hydrogen-bond acceptors (Lipinski definition) is 5. The van der Waals surface area contributed by atoms with Crippen LogP contribution in [0.4, 0.5) is 5.69 Å². The lowest BCUT2D eigenvalue weighted by atomic mass is 10.1. The number of carbonyl (C=O) groups is 1. The molecule has 33 heavy (non-hydrogen) atoms. The molecule has 0 aliphatic carbocycles. The number of amides is 1. The van der Waals surface area contributed by atoms with Gasteiger partial charge >= 0.3 is 0 Å². The van der Waals surface area contributed by atoms with E-state index in [0.29, 0.717) is 17.4 Å². The number of para-hydroxylation sites is 1. The first kappa shape index (κ1) is 22.9. The van der Waals surface area contributed by atoms with Gasteiger partial charge in [-0.15, -0.1) is 5.10 Å². The normalized spacial score (nSPS) is 10.8. The molecule has 168 valence electrons. The van der Waals surface area contributed by atoms with E-state index in [1.165, 1.54) is 17.3 Å². The van der Waals surface area contributed by atoms with Gasteiger partial charge in [-0.2, -0.15) is 4.98 Å². The third-order valence-electron chi connectivity index (χ3n) is 4.95. The maximum Gasteiger partial charge on any atom is 0.243 e. The van der Waals surface area contributed by atoms with Crippen LogP contribution < -0.4 is 10.1 Å². The first-order valence-electron chi connectivity index (χ1n) is 10.4. The lowest BCUT2D eigenvalue weighted by Crippen LogP contribution is -2.15. The van der Waals surface area contributed by atoms with E-state index in [1.54, 1.807) is 11.8 Å². The average Bonchev–Trinajstić information content (AvgIpc) is 3.15. The smallest absolute Gasteiger partial charge is 0.243 e. The number of benzene rings is 3. The second-order valence-electron chi connectivity index (χ2n) is 7.48. The zero-order valence-corrected chi connectivity index (χ0v) is 19.9. The minimum atomic E-state index is -0.104. The van der Waals surface area contributed by atoms with Crippen molar-refractivity contribution in [2.75, 3.05) is 12.4 Å². The molecular formula is C25H23ClN4O2S. The van der Waals surface area contributed by atoms with Crippen LogP contribution in [0.25, 0.3) is 0 Å². The summed E-state index contributed by atoms with van der Waals surface area (Å²) in [6.45, 7) is 2.60. The molecule has 4 rings (SSSR count). The number of nitrogens with one attached hydrogen (secondary N) is 1. The minimum Gasteiger partial charge on any atom is -0.497 e. The Kier molecular flexibility index (Phi) is 7.32. The fourth-order valence-corrected chi connectivity index (χ4v) is 4.36. The number of aryl methyl sites for hydroxylation is 1. The number of rotatable bonds is 8. The summed E-state index contributed by atoms with van der Waals surface area (Å²) in [6, 6.07) is 23.3. The van der Waals surface area contributed by atoms with E-state index in [2.05, 4.69) is 46.6 Å². The standard InChI is InChI=1S/C25H23ClN4O2S/c1-17-7-9-19(10-8-17)16-30-25(28-24(26)29-30)33-22-6-4-3-5-21(22)27-23(31)15-18-11-13-20(32-2)14-12-18/h3-14H,15-16H2,1-2H3,(H,27,31). The minimum absolute atomic E-state index is 0.104. The quantitative estimate of drug-likeness (QED) is 0.355. The number of anilines is 1. The summed E-state index contributed by atoms with van der Waals surface area (Å²) in [7, 11) is 1.62. The van der Waals surface area contributed by atoms with Crippen LogP contribution in [0.5, 0.6) is 5.75 Å². The number of carbonyl (C=O) groups excluding carboxylic acids is 1. The second-order valence-corrected chi connectivity index (χ2v) is 8.83. The van der Waals surface area contributed by atoms with Crippen LogP contribution in [0.1, 0.15) is 16.7 Å². The molecule has 0 saturated heterocycles. The summed E-state index contributed by atoms with van der Waals surface area (Å²) < 4.78 is 6.94. The first-order chi connectivity index (χ1) is 16.0. The molecule has 8 heteroatoms. The molecule has 0 radical (unpaired) electrons. The molecule has 0 aliphatic heterocycles. The van der Waals surface area contributed by atoms with Crippen LogP contribution in [0.2, 0.25) is 5.28 Å². The summed E-state index contributed by atoms with van der Waals surface area (Å²) in [5, 5.41) is 8.18. The van der Waals surface area contributed by atoms with Crippen molar-refractivity contribution in [3.05, 3.63) is 94.8 Å². The Morgan fingerprint density at radius 3 is 2.45 bits per heavy atom. The van der Waals surface area contributed by atoms with Gasteiger partial charge in [-0.3, -0.25) is 4.79 Å². The van der Waals surface area contributed by atoms with Gasteiger partial charge in [0.05, 0.1) is 25.8 Å². The number of ether oxygens (including phenoxy) is 1. The van der Waals surface area contributed by atoms with Gasteiger partial charge in [0, 0.05) is 4.90 Å². The summed E-state index contributed by atoms with van der Waals surface area (Å²) in [6.07, 6.45) is 0.262. The SMILES string of the molecule is COc1ccc(CC(=O)Nc2ccccc2Sc2nc(Cl)nn2Cc2ccc(C)cc2)cc1. The highest BCUT2D eigenvalue weighted by Gasteiger charge is 2.15. The van der Waals surface area contributed by atoms with Crippen LogP contribution in [-0.4, -0.2) is 27.8 Å². The van der Waals surface area contributed by atoms with Crippen molar-refractivity contribution in [3.8, 4) is 5.75 Å². The third kappa shape index (κ3) is 6.15. The zero-order valence-electron chi connectivity index (χ0n) is 18.3. The highest BCUT2D eigenvalue weighted by Crippen LogP contribution is 2.33. The molecule has 3 aromatic carbocycles. The molecule has 1 amide bonds. The molecule has 0 aliphatic rings. The van der Waals surface area contributed by atoms with Gasteiger partial charge in [-0.05, 0) is 65.7 Å². The summed E-state index contributed by atoms with van der Waals surface area (Å²) >= 11 is 7.54. The molecule has 0 fully saturated rings. The fourth-order valence-electron chi connectivity index (χ4n) is 3.23. The Labute approximate surface area is 202 Å². The molecule has 0 spiro atoms. The van der Waals surface area contributed by atoms with E-state index in [1.807, 2.05) is 48.5 Å². The highest BCUT2D eigenvalue weighted by atomic mass is 35.5. The van der Waals surface area contributed by atoms with Crippen molar-refractivity contribution < 1.29 is 9.53 Å². The molecule has 0 saturated carbocycles. The third-order valence-corrected chi connectivity index (χ3v) is 6.17. The number of nitrogens with zero attached hydrogens (tertiary/aromatic N) is 3. The second kappa shape index (κ2) is 10.6. The lowest BCUT2D eigenvalue weighted by Gasteiger charge is -2.11. The Balaban J connectivity index is 1.48. The molecular weight excluding hydrogens is 456 g/mol. The summed E-state index contributed by atoms with van der Waals surface area (Å²) in [5.41, 5.74) is 3.92. The number of methoxy groups -OCH3 is 1. The van der Waals surface area contributed by atoms with E-state index in [0.717, 1.165) is 21.8 Å². The van der Waals surface area contributed by atoms with Crippen LogP contribution in [0, 0.1) is 6.92 Å². The molecule has 0 atom stereocenters. The van der Waals surface area contributed by atoms with Gasteiger partial charge in [0.2, 0.25) is 11.2 Å². The van der Waals surface area contributed by atoms with Crippen molar-refractivity contribution in [1.82, 2.24) is 14.8 Å². The maximum absolute atomic E-state index is 12.7. The lowest BCUT2D eigenvalue weighted by molar-refractivity contribution is -0.115. The molecule has 6 nitrogen and oxygen atoms in total. The number of hydrogen-bond donors (Lipinski definition) is 1. The van der Waals surface area contributed by atoms with E-state index in [9.17, 15) is 4.79 Å². The van der Waals surface area contributed by atoms with E-state index in [-0.39, 0.29) is 17.6 Å². The van der Waals surface area contributed by atoms with Gasteiger partial charge in [0.1, 0.15) is 5.75 Å². The Morgan fingerprint density at radius 2 is 1.73 bits per heavy atom. The van der Waals surface area contributed by atoms with Crippen LogP contribution >= 0.6 is 23.4 Å². The Hall–Kier alpha value is -3.29. The van der Waals surface area contributed by atoms with Crippen LogP contribution in [0.15, 0.2) is 82.8 Å². The van der Waals surface area contributed by atoms with Crippen molar-refractivity contribution in [2.45, 2.75) is 29.9 Å². The van der Waals surface area contributed by atoms with Crippen LogP contribution in [0.3, 0.4) is 0 Å². The highest BCUT2D eigenvalue weighted by molar-refractivity contribution is 7.99. The molecule has 4 aromatic rings. The summed E-state index contributed by atoms with van der Waals surface area (Å²) in [4.78, 5) is 17.9. The van der Waals surface area contributed by atoms with Gasteiger partial charge in [0.25, 0.3) is 0 Å². The number of halogens is 1. The maximum atomic E-state index is 12.7. The van der Waals surface area contributed by atoms with Crippen LogP contribution in [-0.2, 0) is 17.8 Å². The Morgan fingerprint density at radius 1 is 1.03 bits per heavy atom. The van der Waals surface area contributed by atoms with Gasteiger partial charge in [0.15, 0.2) is 5.16 Å². The predicted octanol–water partition coefficient (Wildman–Crippen LogP) is 5.63. The molecule has 1 N–H and O–H groups in total. The van der Waals surface area contributed by atoms with Crippen molar-refractivity contribution >= 4 is 35.0 Å². The van der Waals surface area contributed by atoms with Crippen molar-refractivity contribution in [3.63, 3.8) is 0 Å². The van der Waals surface area contributed by atoms with Gasteiger partial charge in [-0.1, -0.05) is 54.1 Å². The fraction of sp³-hybridized carbons (Fsp3) is 0.160. The zero-order chi connectivity index (χ0) is 23.2. The molecule has 1 heterocycles. The molecule has 0 unspecified atom stereocenters. The van der Waals surface area contributed by atoms with Crippen molar-refractivity contribution in [2.24, 2.45) is 0 Å². The largest absolute Gasteiger partial charge is 0.497 e. The van der Waals surface area contributed by atoms with E-state index in [4.69, 9.17) is 16.3 Å². The average molecular weight is 479 g/mol. The van der Waals surface area contributed by atoms with E-state index >= 15 is 0 Å². The van der Waals surface area contributed by atoms with Crippen molar-refractivity contribution in [1.29, 1.82) is 0 Å². The van der Waals surface area contributed by atoms with E-state index < -0.39 is 0 Å². The molecule has 0 bridgehead atoms. The first-order valence-corrected chi connectivity index (χ1v) is 11.5. The number of aromatic nitrogens is 3. The topological polar surface area (TPSA) is 69.0 Å².